The Labute approximate surface area is 180 Å². The highest BCUT2D eigenvalue weighted by Gasteiger charge is 2.59. The highest BCUT2D eigenvalue weighted by atomic mass is 16.5. The number of nitrogens with zero attached hydrogens (tertiary/aromatic N) is 1. The highest BCUT2D eigenvalue weighted by Crippen LogP contribution is 2.54. The third kappa shape index (κ3) is 3.63. The molecule has 0 spiro atoms. The standard InChI is InChI=1S/C23H30N2O3.C2H6/c1-5-16-10-23(22(27)28-4)11-17(12-23)25(16)20(26)9-15(3)18-13-24-19-8-6-7-14(2)21(18)19;1-2/h6-8,13,15-17,24H,5,9-12H2,1-4H3;1-2H3. The maximum atomic E-state index is 13.3. The van der Waals surface area contributed by atoms with E-state index in [0.717, 1.165) is 31.2 Å². The van der Waals surface area contributed by atoms with E-state index in [1.54, 1.807) is 0 Å². The second-order valence-corrected chi connectivity index (χ2v) is 8.75. The SMILES string of the molecule is CC.CCC1CC2(C(=O)OC)CC(C2)N1C(=O)CC(C)c1c[nH]c2cccc(C)c12. The molecular weight excluding hydrogens is 376 g/mol. The van der Waals surface area contributed by atoms with Crippen LogP contribution in [0.15, 0.2) is 24.4 Å². The van der Waals surface area contributed by atoms with Gasteiger partial charge in [0, 0.05) is 35.6 Å². The first kappa shape index (κ1) is 22.4. The Morgan fingerprint density at radius 1 is 1.27 bits per heavy atom. The predicted molar refractivity (Wildman–Crippen MR) is 120 cm³/mol. The van der Waals surface area contributed by atoms with Crippen LogP contribution in [0.5, 0.6) is 0 Å². The maximum absolute atomic E-state index is 13.3. The molecule has 3 fully saturated rings. The number of amides is 1. The molecule has 1 saturated carbocycles. The fourth-order valence-corrected chi connectivity index (χ4v) is 5.53. The lowest BCUT2D eigenvalue weighted by Gasteiger charge is -2.59. The minimum absolute atomic E-state index is 0.100. The van der Waals surface area contributed by atoms with Crippen LogP contribution in [0.25, 0.3) is 10.9 Å². The van der Waals surface area contributed by atoms with E-state index < -0.39 is 0 Å². The predicted octanol–water partition coefficient (Wildman–Crippen LogP) is 5.33. The van der Waals surface area contributed by atoms with Gasteiger partial charge in [-0.1, -0.05) is 39.8 Å². The molecule has 1 aliphatic carbocycles. The zero-order valence-electron chi connectivity index (χ0n) is 19.2. The van der Waals surface area contributed by atoms with Gasteiger partial charge in [-0.15, -0.1) is 0 Å². The van der Waals surface area contributed by atoms with Gasteiger partial charge in [0.1, 0.15) is 0 Å². The summed E-state index contributed by atoms with van der Waals surface area (Å²) < 4.78 is 5.04. The second kappa shape index (κ2) is 8.83. The molecule has 1 aromatic carbocycles. The lowest BCUT2D eigenvalue weighted by atomic mass is 9.57. The fraction of sp³-hybridized carbons (Fsp3) is 0.600. The van der Waals surface area contributed by atoms with Crippen LogP contribution < -0.4 is 0 Å². The molecule has 3 aliphatic rings. The number of esters is 1. The second-order valence-electron chi connectivity index (χ2n) is 8.75. The third-order valence-electron chi connectivity index (χ3n) is 7.00. The first-order valence-electron chi connectivity index (χ1n) is 11.4. The van der Waals surface area contributed by atoms with Gasteiger partial charge in [0.25, 0.3) is 0 Å². The van der Waals surface area contributed by atoms with Crippen molar-refractivity contribution in [1.82, 2.24) is 9.88 Å². The number of methoxy groups -OCH3 is 1. The molecule has 3 heterocycles. The molecule has 1 aromatic heterocycles. The van der Waals surface area contributed by atoms with Gasteiger partial charge in [-0.2, -0.15) is 0 Å². The van der Waals surface area contributed by atoms with Gasteiger partial charge in [0.15, 0.2) is 0 Å². The Kier molecular flexibility index (Phi) is 6.59. The summed E-state index contributed by atoms with van der Waals surface area (Å²) in [6, 6.07) is 6.57. The zero-order valence-corrected chi connectivity index (χ0v) is 19.2. The number of ether oxygens (including phenoxy) is 1. The highest BCUT2D eigenvalue weighted by molar-refractivity contribution is 5.88. The molecule has 2 aliphatic heterocycles. The number of carbonyl (C=O) groups is 2. The van der Waals surface area contributed by atoms with Crippen molar-refractivity contribution in [1.29, 1.82) is 0 Å². The molecule has 5 heteroatoms. The lowest BCUT2D eigenvalue weighted by Crippen LogP contribution is -2.66. The molecule has 5 rings (SSSR count). The van der Waals surface area contributed by atoms with Crippen LogP contribution in [0.1, 0.15) is 76.8 Å². The Balaban J connectivity index is 0.00000124. The van der Waals surface area contributed by atoms with Gasteiger partial charge in [-0.3, -0.25) is 9.59 Å². The number of aromatic nitrogens is 1. The fourth-order valence-electron chi connectivity index (χ4n) is 5.53. The molecule has 2 bridgehead atoms. The molecule has 2 aromatic rings. The number of nitrogens with one attached hydrogen (secondary N) is 1. The van der Waals surface area contributed by atoms with Crippen LogP contribution in [0.4, 0.5) is 0 Å². The molecule has 0 radical (unpaired) electrons. The molecule has 1 N–H and O–H groups in total. The average molecular weight is 413 g/mol. The van der Waals surface area contributed by atoms with E-state index >= 15 is 0 Å². The quantitative estimate of drug-likeness (QED) is 0.675. The molecule has 2 atom stereocenters. The third-order valence-corrected chi connectivity index (χ3v) is 7.00. The Morgan fingerprint density at radius 2 is 1.97 bits per heavy atom. The summed E-state index contributed by atoms with van der Waals surface area (Å²) in [6.45, 7) is 10.4. The molecule has 1 amide bonds. The van der Waals surface area contributed by atoms with E-state index in [1.165, 1.54) is 23.6 Å². The average Bonchev–Trinajstić information content (AvgIpc) is 3.19. The summed E-state index contributed by atoms with van der Waals surface area (Å²) in [5.74, 6) is 0.259. The van der Waals surface area contributed by atoms with Gasteiger partial charge < -0.3 is 14.6 Å². The van der Waals surface area contributed by atoms with Crippen molar-refractivity contribution in [3.63, 3.8) is 0 Å². The van der Waals surface area contributed by atoms with E-state index in [1.807, 2.05) is 13.8 Å². The van der Waals surface area contributed by atoms with E-state index in [0.29, 0.717) is 6.42 Å². The minimum Gasteiger partial charge on any atom is -0.469 e. The molecule has 30 heavy (non-hydrogen) atoms. The van der Waals surface area contributed by atoms with Crippen LogP contribution >= 0.6 is 0 Å². The molecular formula is C25H36N2O3. The van der Waals surface area contributed by atoms with Crippen molar-refractivity contribution in [3.05, 3.63) is 35.5 Å². The summed E-state index contributed by atoms with van der Waals surface area (Å²) in [7, 11) is 1.47. The number of rotatable bonds is 5. The summed E-state index contributed by atoms with van der Waals surface area (Å²) in [6.07, 6.45) is 5.67. The van der Waals surface area contributed by atoms with E-state index in [4.69, 9.17) is 4.74 Å². The first-order chi connectivity index (χ1) is 14.4. The van der Waals surface area contributed by atoms with Gasteiger partial charge in [-0.25, -0.2) is 0 Å². The number of H-pyrrole nitrogens is 1. The van der Waals surface area contributed by atoms with Gasteiger partial charge in [0.05, 0.1) is 12.5 Å². The number of hydrogen-bond acceptors (Lipinski definition) is 3. The van der Waals surface area contributed by atoms with Crippen molar-refractivity contribution in [3.8, 4) is 0 Å². The number of hydrogen-bond donors (Lipinski definition) is 1. The summed E-state index contributed by atoms with van der Waals surface area (Å²) in [4.78, 5) is 30.9. The van der Waals surface area contributed by atoms with Crippen molar-refractivity contribution < 1.29 is 14.3 Å². The van der Waals surface area contributed by atoms with Gasteiger partial charge >= 0.3 is 5.97 Å². The number of aromatic amines is 1. The first-order valence-corrected chi connectivity index (χ1v) is 11.4. The number of aryl methyl sites for hydroxylation is 1. The molecule has 2 unspecified atom stereocenters. The van der Waals surface area contributed by atoms with Crippen molar-refractivity contribution >= 4 is 22.8 Å². The Hall–Kier alpha value is -2.30. The topological polar surface area (TPSA) is 62.4 Å². The largest absolute Gasteiger partial charge is 0.469 e. The molecule has 5 nitrogen and oxygen atoms in total. The van der Waals surface area contributed by atoms with Crippen molar-refractivity contribution in [2.45, 2.75) is 84.7 Å². The van der Waals surface area contributed by atoms with E-state index in [9.17, 15) is 9.59 Å². The van der Waals surface area contributed by atoms with Crippen molar-refractivity contribution in [2.75, 3.05) is 7.11 Å². The minimum atomic E-state index is -0.351. The van der Waals surface area contributed by atoms with Gasteiger partial charge in [0.2, 0.25) is 5.91 Å². The van der Waals surface area contributed by atoms with Crippen LogP contribution in [0, 0.1) is 12.3 Å². The molecule has 2 saturated heterocycles. The number of piperidine rings is 2. The van der Waals surface area contributed by atoms with Crippen LogP contribution in [-0.4, -0.2) is 41.0 Å². The normalized spacial score (nSPS) is 25.7. The van der Waals surface area contributed by atoms with E-state index in [2.05, 4.69) is 55.1 Å². The Bertz CT molecular complexity index is 910. The van der Waals surface area contributed by atoms with Crippen LogP contribution in [0.3, 0.4) is 0 Å². The monoisotopic (exact) mass is 412 g/mol. The molecule has 164 valence electrons. The summed E-state index contributed by atoms with van der Waals surface area (Å²) >= 11 is 0. The zero-order chi connectivity index (χ0) is 22.1. The van der Waals surface area contributed by atoms with Gasteiger partial charge in [-0.05, 0) is 55.7 Å². The maximum Gasteiger partial charge on any atom is 0.312 e. The number of benzene rings is 1. The van der Waals surface area contributed by atoms with Crippen molar-refractivity contribution in [2.24, 2.45) is 5.41 Å². The number of carbonyl (C=O) groups excluding carboxylic acids is 2. The van der Waals surface area contributed by atoms with E-state index in [-0.39, 0.29) is 35.3 Å². The summed E-state index contributed by atoms with van der Waals surface area (Å²) in [5.41, 5.74) is 3.22. The van der Waals surface area contributed by atoms with Crippen LogP contribution in [0.2, 0.25) is 0 Å². The lowest BCUT2D eigenvalue weighted by molar-refractivity contribution is -0.183. The van der Waals surface area contributed by atoms with Crippen LogP contribution in [-0.2, 0) is 14.3 Å². The summed E-state index contributed by atoms with van der Waals surface area (Å²) in [5, 5.41) is 1.24. The Morgan fingerprint density at radius 3 is 2.60 bits per heavy atom. The number of fused-ring (bicyclic) bond motifs is 3. The smallest absolute Gasteiger partial charge is 0.312 e.